The van der Waals surface area contributed by atoms with Crippen molar-refractivity contribution < 1.29 is 4.55 Å². The van der Waals surface area contributed by atoms with Crippen LogP contribution < -0.4 is 5.73 Å². The zero-order valence-corrected chi connectivity index (χ0v) is 6.44. The maximum Gasteiger partial charge on any atom is 0.152 e. The van der Waals surface area contributed by atoms with E-state index in [1.165, 1.54) is 0 Å². The first-order chi connectivity index (χ1) is 4.70. The van der Waals surface area contributed by atoms with Crippen LogP contribution in [0.1, 0.15) is 0 Å². The number of benzene rings is 1. The number of hydrogen-bond acceptors (Lipinski definition) is 1. The Bertz CT molecular complexity index is 207. The number of nitrogens with one attached hydrogen (secondary N) is 1. The van der Waals surface area contributed by atoms with Crippen molar-refractivity contribution in [2.24, 2.45) is 0 Å². The van der Waals surface area contributed by atoms with Crippen LogP contribution in [0, 0.1) is 0 Å². The van der Waals surface area contributed by atoms with Gasteiger partial charge in [0.15, 0.2) is 4.90 Å². The first-order valence-electron chi connectivity index (χ1n) is 2.85. The van der Waals surface area contributed by atoms with E-state index in [-0.39, 0.29) is 0 Å². The van der Waals surface area contributed by atoms with Gasteiger partial charge in [-0.15, -0.1) is 0 Å². The molecule has 2 nitrogen and oxygen atoms in total. The third kappa shape index (κ3) is 1.65. The molecular formula is C7H8NOS. The van der Waals surface area contributed by atoms with E-state index in [1.807, 2.05) is 0 Å². The van der Waals surface area contributed by atoms with E-state index >= 15 is 0 Å². The van der Waals surface area contributed by atoms with Crippen LogP contribution in [0.3, 0.4) is 0 Å². The Balaban J connectivity index is 2.89. The third-order valence-electron chi connectivity index (χ3n) is 1.19. The summed E-state index contributed by atoms with van der Waals surface area (Å²) in [5.74, 6) is 0. The Morgan fingerprint density at radius 1 is 1.30 bits per heavy atom. The van der Waals surface area contributed by atoms with Crippen molar-refractivity contribution in [3.8, 4) is 0 Å². The van der Waals surface area contributed by atoms with Crippen LogP contribution in [0.5, 0.6) is 0 Å². The van der Waals surface area contributed by atoms with Crippen LogP contribution >= 0.6 is 0 Å². The Morgan fingerprint density at radius 3 is 2.20 bits per heavy atom. The molecule has 0 aliphatic heterocycles. The minimum atomic E-state index is -0.921. The van der Waals surface area contributed by atoms with Crippen LogP contribution in [0.4, 0.5) is 5.69 Å². The van der Waals surface area contributed by atoms with Crippen LogP contribution in [0.15, 0.2) is 29.2 Å². The third-order valence-corrected chi connectivity index (χ3v) is 2.12. The summed E-state index contributed by atoms with van der Waals surface area (Å²) in [6, 6.07) is 6.68. The highest BCUT2D eigenvalue weighted by atomic mass is 32.2. The minimum absolute atomic E-state index is 0.453. The molecule has 0 saturated heterocycles. The maximum atomic E-state index is 10.8. The molecule has 10 heavy (non-hydrogen) atoms. The molecule has 0 aromatic heterocycles. The Morgan fingerprint density at radius 2 is 1.80 bits per heavy atom. The highest BCUT2D eigenvalue weighted by molar-refractivity contribution is 7.90. The maximum absolute atomic E-state index is 10.8. The molecule has 0 saturated carbocycles. The fourth-order valence-electron chi connectivity index (χ4n) is 0.647. The van der Waals surface area contributed by atoms with E-state index < -0.39 is 11.2 Å². The van der Waals surface area contributed by atoms with Gasteiger partial charge in [0.05, 0.1) is 5.69 Å². The van der Waals surface area contributed by atoms with Crippen molar-refractivity contribution in [1.82, 2.24) is 5.73 Å². The van der Waals surface area contributed by atoms with Gasteiger partial charge in [0, 0.05) is 0 Å². The average molecular weight is 154 g/mol. The molecule has 0 fully saturated rings. The van der Waals surface area contributed by atoms with E-state index in [0.29, 0.717) is 5.69 Å². The summed E-state index contributed by atoms with van der Waals surface area (Å²) in [6.07, 6.45) is 1.62. The lowest BCUT2D eigenvalue weighted by atomic mass is 10.3. The smallest absolute Gasteiger partial charge is 0.152 e. The predicted octanol–water partition coefficient (Wildman–Crippen LogP) is 1.34. The minimum Gasteiger partial charge on any atom is -0.612 e. The Kier molecular flexibility index (Phi) is 2.19. The summed E-state index contributed by atoms with van der Waals surface area (Å²) in [6.45, 7) is 0. The van der Waals surface area contributed by atoms with Gasteiger partial charge in [-0.2, -0.15) is 0 Å². The van der Waals surface area contributed by atoms with E-state index in [0.717, 1.165) is 4.90 Å². The molecule has 1 N–H and O–H groups in total. The molecule has 1 unspecified atom stereocenters. The summed E-state index contributed by atoms with van der Waals surface area (Å²) < 4.78 is 10.8. The molecule has 0 bridgehead atoms. The summed E-state index contributed by atoms with van der Waals surface area (Å²) in [4.78, 5) is 0.774. The Hall–Kier alpha value is -0.670. The normalized spacial score (nSPS) is 13.0. The van der Waals surface area contributed by atoms with E-state index in [1.54, 1.807) is 30.5 Å². The zero-order valence-electron chi connectivity index (χ0n) is 5.63. The molecule has 53 valence electrons. The molecule has 3 heteroatoms. The van der Waals surface area contributed by atoms with Crippen molar-refractivity contribution in [2.45, 2.75) is 4.90 Å². The van der Waals surface area contributed by atoms with Gasteiger partial charge in [-0.05, 0) is 35.4 Å². The highest BCUT2D eigenvalue weighted by Gasteiger charge is 2.00. The molecule has 1 aromatic rings. The van der Waals surface area contributed by atoms with E-state index in [9.17, 15) is 4.55 Å². The van der Waals surface area contributed by atoms with Gasteiger partial charge in [0.2, 0.25) is 0 Å². The van der Waals surface area contributed by atoms with Crippen LogP contribution in [0.2, 0.25) is 0 Å². The lowest BCUT2D eigenvalue weighted by molar-refractivity contribution is 0.601. The van der Waals surface area contributed by atoms with E-state index in [2.05, 4.69) is 0 Å². The second-order valence-corrected chi connectivity index (χ2v) is 3.36. The molecule has 0 heterocycles. The van der Waals surface area contributed by atoms with Gasteiger partial charge in [0.25, 0.3) is 0 Å². The van der Waals surface area contributed by atoms with Gasteiger partial charge in [0.1, 0.15) is 6.26 Å². The topological polar surface area (TPSA) is 46.9 Å². The zero-order chi connectivity index (χ0) is 7.56. The van der Waals surface area contributed by atoms with Crippen molar-refractivity contribution >= 4 is 16.9 Å². The molecule has 0 aliphatic rings. The number of rotatable bonds is 1. The second kappa shape index (κ2) is 2.94. The van der Waals surface area contributed by atoms with Crippen molar-refractivity contribution in [3.63, 3.8) is 0 Å². The monoisotopic (exact) mass is 154 g/mol. The average Bonchev–Trinajstić information content (AvgIpc) is 1.88. The molecule has 1 rings (SSSR count). The van der Waals surface area contributed by atoms with E-state index in [4.69, 9.17) is 5.73 Å². The van der Waals surface area contributed by atoms with Crippen molar-refractivity contribution in [1.29, 1.82) is 0 Å². The fourth-order valence-corrected chi connectivity index (χ4v) is 1.17. The summed E-state index contributed by atoms with van der Waals surface area (Å²) in [5, 5.41) is 0. The van der Waals surface area contributed by atoms with Crippen LogP contribution in [-0.2, 0) is 11.2 Å². The second-order valence-electron chi connectivity index (χ2n) is 1.98. The fraction of sp³-hybridized carbons (Fsp3) is 0.143. The van der Waals surface area contributed by atoms with Crippen molar-refractivity contribution in [3.05, 3.63) is 24.3 Å². The van der Waals surface area contributed by atoms with Gasteiger partial charge >= 0.3 is 0 Å². The first-order valence-corrected chi connectivity index (χ1v) is 4.41. The molecule has 0 aliphatic carbocycles. The molecule has 1 atom stereocenters. The van der Waals surface area contributed by atoms with Crippen LogP contribution in [0.25, 0.3) is 0 Å². The predicted molar refractivity (Wildman–Crippen MR) is 41.5 cm³/mol. The van der Waals surface area contributed by atoms with Gasteiger partial charge < -0.3 is 10.3 Å². The van der Waals surface area contributed by atoms with Gasteiger partial charge in [-0.1, -0.05) is 0 Å². The quantitative estimate of drug-likeness (QED) is 0.563. The molecule has 1 radical (unpaired) electrons. The first kappa shape index (κ1) is 7.44. The highest BCUT2D eigenvalue weighted by Crippen LogP contribution is 2.11. The largest absolute Gasteiger partial charge is 0.612 e. The molecule has 1 aromatic carbocycles. The Labute approximate surface area is 63.2 Å². The number of hydrogen-bond donors (Lipinski definition) is 0. The summed E-state index contributed by atoms with van der Waals surface area (Å²) in [5.41, 5.74) is 7.59. The molecular weight excluding hydrogens is 146 g/mol. The molecule has 0 spiro atoms. The van der Waals surface area contributed by atoms with Gasteiger partial charge in [-0.3, -0.25) is 0 Å². The van der Waals surface area contributed by atoms with Crippen LogP contribution in [-0.4, -0.2) is 10.8 Å². The lowest BCUT2D eigenvalue weighted by Gasteiger charge is -2.02. The van der Waals surface area contributed by atoms with Gasteiger partial charge in [-0.25, -0.2) is 0 Å². The summed E-state index contributed by atoms with van der Waals surface area (Å²) in [7, 11) is 0. The lowest BCUT2D eigenvalue weighted by Crippen LogP contribution is -1.95. The summed E-state index contributed by atoms with van der Waals surface area (Å²) >= 11 is -0.921. The SMILES string of the molecule is C[S+]([O-])c1ccc([NH])cc1. The standard InChI is InChI=1S/C7H8NOS/c1-10(9)7-4-2-6(8)3-5-7/h2-5,8H,1H3. The van der Waals surface area contributed by atoms with Crippen molar-refractivity contribution in [2.75, 3.05) is 6.26 Å². The molecule has 0 amide bonds.